The molecule has 6 heteroatoms. The van der Waals surface area contributed by atoms with E-state index in [0.29, 0.717) is 11.5 Å². The first-order valence-corrected chi connectivity index (χ1v) is 8.76. The van der Waals surface area contributed by atoms with Gasteiger partial charge in [0.05, 0.1) is 18.2 Å². The van der Waals surface area contributed by atoms with Crippen LogP contribution in [-0.4, -0.2) is 22.1 Å². The quantitative estimate of drug-likeness (QED) is 0.532. The van der Waals surface area contributed by atoms with Crippen LogP contribution in [0.25, 0.3) is 33.4 Å². The molecule has 2 aromatic carbocycles. The second-order valence-corrected chi connectivity index (χ2v) is 6.67. The Bertz CT molecular complexity index is 1110. The van der Waals surface area contributed by atoms with Gasteiger partial charge in [-0.05, 0) is 41.5 Å². The van der Waals surface area contributed by atoms with Crippen molar-refractivity contribution in [2.24, 2.45) is 0 Å². The number of anilines is 1. The monoisotopic (exact) mass is 406 g/mol. The molecule has 2 heterocycles. The summed E-state index contributed by atoms with van der Waals surface area (Å²) in [5.74, 6) is 1.19. The fourth-order valence-electron chi connectivity index (χ4n) is 2.90. The largest absolute Gasteiger partial charge is 0.497 e. The molecule has 0 radical (unpaired) electrons. The Kier molecular flexibility index (Phi) is 4.26. The van der Waals surface area contributed by atoms with E-state index < -0.39 is 0 Å². The molecule has 0 bridgehead atoms. The summed E-state index contributed by atoms with van der Waals surface area (Å²) < 4.78 is 6.32. The van der Waals surface area contributed by atoms with Crippen molar-refractivity contribution in [3.05, 3.63) is 65.4 Å². The van der Waals surface area contributed by atoms with E-state index in [1.807, 2.05) is 54.6 Å². The Labute approximate surface area is 159 Å². The van der Waals surface area contributed by atoms with Crippen LogP contribution in [0.2, 0.25) is 0 Å². The number of halogens is 1. The van der Waals surface area contributed by atoms with Crippen LogP contribution in [0.15, 0.2) is 65.4 Å². The van der Waals surface area contributed by atoms with Crippen molar-refractivity contribution >= 4 is 32.8 Å². The van der Waals surface area contributed by atoms with Gasteiger partial charge in [-0.2, -0.15) is 0 Å². The second-order valence-electron chi connectivity index (χ2n) is 5.75. The molecule has 4 aromatic rings. The fraction of sp³-hybridized carbons (Fsp3) is 0.0500. The fourth-order valence-corrected chi connectivity index (χ4v) is 3.30. The average molecular weight is 407 g/mol. The summed E-state index contributed by atoms with van der Waals surface area (Å²) in [6.07, 6.45) is 1.44. The van der Waals surface area contributed by atoms with E-state index in [4.69, 9.17) is 15.5 Å². The maximum atomic E-state index is 6.14. The molecular weight excluding hydrogens is 392 g/mol. The highest BCUT2D eigenvalue weighted by Crippen LogP contribution is 2.35. The van der Waals surface area contributed by atoms with Gasteiger partial charge in [0.1, 0.15) is 17.9 Å². The normalized spacial score (nSPS) is 10.8. The first-order valence-electron chi connectivity index (χ1n) is 7.97. The first-order chi connectivity index (χ1) is 12.7. The summed E-state index contributed by atoms with van der Waals surface area (Å²) in [4.78, 5) is 13.2. The summed E-state index contributed by atoms with van der Waals surface area (Å²) >= 11 is 3.53. The highest BCUT2D eigenvalue weighted by Gasteiger charge is 2.14. The molecule has 0 aliphatic rings. The minimum Gasteiger partial charge on any atom is -0.497 e. The van der Waals surface area contributed by atoms with Gasteiger partial charge in [0, 0.05) is 10.0 Å². The second kappa shape index (κ2) is 6.72. The third-order valence-electron chi connectivity index (χ3n) is 4.13. The Morgan fingerprint density at radius 2 is 1.77 bits per heavy atom. The van der Waals surface area contributed by atoms with Crippen LogP contribution in [0, 0.1) is 0 Å². The van der Waals surface area contributed by atoms with Gasteiger partial charge in [0.2, 0.25) is 0 Å². The van der Waals surface area contributed by atoms with Crippen LogP contribution >= 0.6 is 15.9 Å². The lowest BCUT2D eigenvalue weighted by molar-refractivity contribution is 0.415. The number of methoxy groups -OCH3 is 1. The zero-order chi connectivity index (χ0) is 18.1. The molecule has 26 heavy (non-hydrogen) atoms. The van der Waals surface area contributed by atoms with E-state index in [9.17, 15) is 0 Å². The number of pyridine rings is 1. The van der Waals surface area contributed by atoms with Crippen LogP contribution in [0.4, 0.5) is 5.82 Å². The highest BCUT2D eigenvalue weighted by atomic mass is 79.9. The summed E-state index contributed by atoms with van der Waals surface area (Å²) in [5.41, 5.74) is 10.4. The zero-order valence-corrected chi connectivity index (χ0v) is 15.6. The molecule has 0 saturated heterocycles. The van der Waals surface area contributed by atoms with Gasteiger partial charge in [0.15, 0.2) is 5.65 Å². The number of benzene rings is 2. The number of aromatic nitrogens is 3. The molecule has 0 aliphatic carbocycles. The molecule has 4 rings (SSSR count). The van der Waals surface area contributed by atoms with Crippen molar-refractivity contribution in [1.82, 2.24) is 15.0 Å². The van der Waals surface area contributed by atoms with Crippen LogP contribution in [0.1, 0.15) is 0 Å². The Morgan fingerprint density at radius 3 is 2.58 bits per heavy atom. The van der Waals surface area contributed by atoms with Crippen molar-refractivity contribution in [2.75, 3.05) is 12.8 Å². The van der Waals surface area contributed by atoms with E-state index in [1.165, 1.54) is 6.33 Å². The minimum atomic E-state index is 0.412. The number of rotatable bonds is 3. The van der Waals surface area contributed by atoms with Crippen molar-refractivity contribution < 1.29 is 4.74 Å². The first kappa shape index (κ1) is 16.5. The standard InChI is InChI=1S/C20H15BrN4O/c1-26-15-7-3-5-13(9-15)17-10-16(12-4-2-6-14(21)8-12)18-19(22)23-11-24-20(18)25-17/h2-11H,1H3,(H2,22,23,24,25). The topological polar surface area (TPSA) is 73.9 Å². The number of hydrogen-bond acceptors (Lipinski definition) is 5. The molecule has 0 aliphatic heterocycles. The van der Waals surface area contributed by atoms with Gasteiger partial charge in [-0.15, -0.1) is 0 Å². The minimum absolute atomic E-state index is 0.412. The molecule has 0 atom stereocenters. The van der Waals surface area contributed by atoms with E-state index >= 15 is 0 Å². The summed E-state index contributed by atoms with van der Waals surface area (Å²) in [7, 11) is 1.65. The third-order valence-corrected chi connectivity index (χ3v) is 4.63. The number of ether oxygens (including phenoxy) is 1. The van der Waals surface area contributed by atoms with Crippen molar-refractivity contribution in [3.8, 4) is 28.1 Å². The molecule has 0 spiro atoms. The Hall–Kier alpha value is -2.99. The van der Waals surface area contributed by atoms with Gasteiger partial charge >= 0.3 is 0 Å². The molecule has 2 N–H and O–H groups in total. The van der Waals surface area contributed by atoms with Crippen molar-refractivity contribution in [2.45, 2.75) is 0 Å². The van der Waals surface area contributed by atoms with E-state index in [1.54, 1.807) is 7.11 Å². The predicted octanol–water partition coefficient (Wildman–Crippen LogP) is 4.71. The smallest absolute Gasteiger partial charge is 0.165 e. The van der Waals surface area contributed by atoms with Crippen LogP contribution in [0.5, 0.6) is 5.75 Å². The number of nitrogens with two attached hydrogens (primary N) is 1. The Morgan fingerprint density at radius 1 is 0.962 bits per heavy atom. The lowest BCUT2D eigenvalue weighted by atomic mass is 10.00. The maximum Gasteiger partial charge on any atom is 0.165 e. The highest BCUT2D eigenvalue weighted by molar-refractivity contribution is 9.10. The molecule has 0 unspecified atom stereocenters. The molecule has 5 nitrogen and oxygen atoms in total. The Balaban J connectivity index is 2.02. The van der Waals surface area contributed by atoms with Crippen LogP contribution in [-0.2, 0) is 0 Å². The molecular formula is C20H15BrN4O. The van der Waals surface area contributed by atoms with Gasteiger partial charge in [-0.3, -0.25) is 0 Å². The van der Waals surface area contributed by atoms with E-state index in [0.717, 1.165) is 38.0 Å². The van der Waals surface area contributed by atoms with Crippen LogP contribution in [0.3, 0.4) is 0 Å². The summed E-state index contributed by atoms with van der Waals surface area (Å²) in [6, 6.07) is 17.8. The molecule has 2 aromatic heterocycles. The van der Waals surface area contributed by atoms with Gasteiger partial charge in [-0.25, -0.2) is 15.0 Å². The number of hydrogen-bond donors (Lipinski definition) is 1. The third kappa shape index (κ3) is 2.99. The van der Waals surface area contributed by atoms with Crippen LogP contribution < -0.4 is 10.5 Å². The molecule has 0 saturated carbocycles. The number of nitrogen functional groups attached to an aromatic ring is 1. The van der Waals surface area contributed by atoms with E-state index in [2.05, 4.69) is 25.9 Å². The SMILES string of the molecule is COc1cccc(-c2cc(-c3cccc(Br)c3)c3c(N)ncnc3n2)c1. The summed E-state index contributed by atoms with van der Waals surface area (Å²) in [5, 5.41) is 0.747. The zero-order valence-electron chi connectivity index (χ0n) is 14.0. The lowest BCUT2D eigenvalue weighted by Crippen LogP contribution is -1.98. The van der Waals surface area contributed by atoms with Gasteiger partial charge in [0.25, 0.3) is 0 Å². The van der Waals surface area contributed by atoms with Crippen molar-refractivity contribution in [3.63, 3.8) is 0 Å². The molecule has 128 valence electrons. The van der Waals surface area contributed by atoms with Gasteiger partial charge in [-0.1, -0.05) is 40.2 Å². The van der Waals surface area contributed by atoms with Gasteiger partial charge < -0.3 is 10.5 Å². The molecule has 0 amide bonds. The van der Waals surface area contributed by atoms with E-state index in [-0.39, 0.29) is 0 Å². The number of fused-ring (bicyclic) bond motifs is 1. The lowest BCUT2D eigenvalue weighted by Gasteiger charge is -2.12. The maximum absolute atomic E-state index is 6.14. The average Bonchev–Trinajstić information content (AvgIpc) is 2.67. The summed E-state index contributed by atoms with van der Waals surface area (Å²) in [6.45, 7) is 0. The van der Waals surface area contributed by atoms with Crippen molar-refractivity contribution in [1.29, 1.82) is 0 Å². The predicted molar refractivity (Wildman–Crippen MR) is 107 cm³/mol. The number of nitrogens with zero attached hydrogens (tertiary/aromatic N) is 3. The molecule has 0 fully saturated rings.